The lowest BCUT2D eigenvalue weighted by Crippen LogP contribution is -2.52. The summed E-state index contributed by atoms with van der Waals surface area (Å²) in [5.41, 5.74) is 4.91. The van der Waals surface area contributed by atoms with Crippen molar-refractivity contribution in [3.63, 3.8) is 0 Å². The van der Waals surface area contributed by atoms with Crippen molar-refractivity contribution < 1.29 is 17.5 Å². The SMILES string of the molecule is COc1cc(Br)c(F)cc1S(=O)(=O)NC(C)(CN)CC(C)C.Cl. The topological polar surface area (TPSA) is 81.4 Å². The molecule has 0 aliphatic rings. The first-order chi connectivity index (χ1) is 10.0. The van der Waals surface area contributed by atoms with Gasteiger partial charge < -0.3 is 10.5 Å². The van der Waals surface area contributed by atoms with E-state index in [-0.39, 0.29) is 40.0 Å². The molecule has 1 aromatic rings. The molecule has 134 valence electrons. The summed E-state index contributed by atoms with van der Waals surface area (Å²) in [4.78, 5) is -0.251. The quantitative estimate of drug-likeness (QED) is 0.692. The van der Waals surface area contributed by atoms with Crippen molar-refractivity contribution in [2.75, 3.05) is 13.7 Å². The molecule has 1 aromatic carbocycles. The molecule has 3 N–H and O–H groups in total. The fourth-order valence-corrected chi connectivity index (χ4v) is 4.24. The molecule has 0 saturated carbocycles. The van der Waals surface area contributed by atoms with E-state index in [9.17, 15) is 12.8 Å². The van der Waals surface area contributed by atoms with E-state index in [1.165, 1.54) is 13.2 Å². The molecule has 0 fully saturated rings. The molecule has 9 heteroatoms. The molecular weight excluding hydrogens is 411 g/mol. The van der Waals surface area contributed by atoms with Crippen molar-refractivity contribution in [3.05, 3.63) is 22.4 Å². The van der Waals surface area contributed by atoms with Gasteiger partial charge in [-0.2, -0.15) is 0 Å². The van der Waals surface area contributed by atoms with Crippen LogP contribution in [-0.2, 0) is 10.0 Å². The molecule has 0 saturated heterocycles. The van der Waals surface area contributed by atoms with E-state index in [2.05, 4.69) is 20.7 Å². The Bertz CT molecular complexity index is 643. The van der Waals surface area contributed by atoms with Gasteiger partial charge >= 0.3 is 0 Å². The number of ether oxygens (including phenoxy) is 1. The van der Waals surface area contributed by atoms with Crippen molar-refractivity contribution in [2.24, 2.45) is 11.7 Å². The zero-order valence-electron chi connectivity index (χ0n) is 13.5. The van der Waals surface area contributed by atoms with E-state index in [0.717, 1.165) is 6.07 Å². The minimum absolute atomic E-state index is 0. The number of benzene rings is 1. The third-order valence-corrected chi connectivity index (χ3v) is 5.45. The smallest absolute Gasteiger partial charge is 0.244 e. The third-order valence-electron chi connectivity index (χ3n) is 3.19. The van der Waals surface area contributed by atoms with Gasteiger partial charge in [0.1, 0.15) is 16.5 Å². The fraction of sp³-hybridized carbons (Fsp3) is 0.571. The monoisotopic (exact) mass is 432 g/mol. The van der Waals surface area contributed by atoms with Crippen LogP contribution in [0, 0.1) is 11.7 Å². The zero-order valence-corrected chi connectivity index (χ0v) is 16.7. The number of hydrogen-bond acceptors (Lipinski definition) is 4. The molecular formula is C14H23BrClFN2O3S. The Morgan fingerprint density at radius 1 is 1.43 bits per heavy atom. The third kappa shape index (κ3) is 5.86. The molecule has 0 aliphatic carbocycles. The van der Waals surface area contributed by atoms with Crippen LogP contribution in [0.1, 0.15) is 27.2 Å². The minimum Gasteiger partial charge on any atom is -0.495 e. The van der Waals surface area contributed by atoms with E-state index < -0.39 is 21.4 Å². The van der Waals surface area contributed by atoms with Crippen LogP contribution in [0.2, 0.25) is 0 Å². The molecule has 0 bridgehead atoms. The van der Waals surface area contributed by atoms with E-state index >= 15 is 0 Å². The average molecular weight is 434 g/mol. The molecule has 0 amide bonds. The predicted octanol–water partition coefficient (Wildman–Crippen LogP) is 3.06. The Labute approximate surface area is 151 Å². The highest BCUT2D eigenvalue weighted by molar-refractivity contribution is 9.10. The number of methoxy groups -OCH3 is 1. The molecule has 0 aliphatic heterocycles. The van der Waals surface area contributed by atoms with Crippen LogP contribution in [0.5, 0.6) is 5.75 Å². The predicted molar refractivity (Wildman–Crippen MR) is 95.1 cm³/mol. The number of nitrogens with one attached hydrogen (secondary N) is 1. The number of rotatable bonds is 7. The van der Waals surface area contributed by atoms with E-state index in [0.29, 0.717) is 6.42 Å². The first-order valence-electron chi connectivity index (χ1n) is 6.81. The van der Waals surface area contributed by atoms with Crippen molar-refractivity contribution in [1.82, 2.24) is 4.72 Å². The Hall–Kier alpha value is -0.410. The Balaban J connectivity index is 0.00000484. The summed E-state index contributed by atoms with van der Waals surface area (Å²) in [5.74, 6) is -0.371. The van der Waals surface area contributed by atoms with Crippen LogP contribution in [0.3, 0.4) is 0 Å². The van der Waals surface area contributed by atoms with Crippen LogP contribution in [0.15, 0.2) is 21.5 Å². The summed E-state index contributed by atoms with van der Waals surface area (Å²) in [6.45, 7) is 5.81. The van der Waals surface area contributed by atoms with Gasteiger partial charge in [0.05, 0.1) is 11.6 Å². The molecule has 1 unspecified atom stereocenters. The zero-order chi connectivity index (χ0) is 17.1. The second-order valence-corrected chi connectivity index (χ2v) is 8.39. The van der Waals surface area contributed by atoms with Gasteiger partial charge in [-0.25, -0.2) is 17.5 Å². The molecule has 0 aromatic heterocycles. The van der Waals surface area contributed by atoms with E-state index in [1.54, 1.807) is 6.92 Å². The van der Waals surface area contributed by atoms with Gasteiger partial charge in [0, 0.05) is 12.1 Å². The second-order valence-electron chi connectivity index (χ2n) is 5.89. The van der Waals surface area contributed by atoms with Gasteiger partial charge in [0.15, 0.2) is 0 Å². The summed E-state index contributed by atoms with van der Waals surface area (Å²) in [6, 6.07) is 2.21. The summed E-state index contributed by atoms with van der Waals surface area (Å²) < 4.78 is 46.7. The van der Waals surface area contributed by atoms with Gasteiger partial charge in [0.25, 0.3) is 0 Å². The van der Waals surface area contributed by atoms with E-state index in [1.807, 2.05) is 13.8 Å². The van der Waals surface area contributed by atoms with Crippen LogP contribution >= 0.6 is 28.3 Å². The normalized spacial score (nSPS) is 14.3. The maximum atomic E-state index is 13.7. The van der Waals surface area contributed by atoms with Gasteiger partial charge in [0.2, 0.25) is 10.0 Å². The second kappa shape index (κ2) is 8.62. The molecule has 0 radical (unpaired) electrons. The number of nitrogens with two attached hydrogens (primary N) is 1. The van der Waals surface area contributed by atoms with Crippen molar-refractivity contribution in [3.8, 4) is 5.75 Å². The van der Waals surface area contributed by atoms with Crippen LogP contribution in [0.25, 0.3) is 0 Å². The first kappa shape index (κ1) is 22.6. The summed E-state index contributed by atoms with van der Waals surface area (Å²) >= 11 is 3.01. The molecule has 0 heterocycles. The lowest BCUT2D eigenvalue weighted by atomic mass is 9.92. The minimum atomic E-state index is -3.97. The molecule has 1 rings (SSSR count). The fourth-order valence-electron chi connectivity index (χ4n) is 2.33. The molecule has 23 heavy (non-hydrogen) atoms. The van der Waals surface area contributed by atoms with Gasteiger partial charge in [-0.15, -0.1) is 12.4 Å². The van der Waals surface area contributed by atoms with Gasteiger partial charge in [-0.05, 0) is 47.3 Å². The lowest BCUT2D eigenvalue weighted by molar-refractivity contribution is 0.343. The lowest BCUT2D eigenvalue weighted by Gasteiger charge is -2.31. The van der Waals surface area contributed by atoms with Gasteiger partial charge in [-0.3, -0.25) is 0 Å². The summed E-state index contributed by atoms with van der Waals surface area (Å²) in [5, 5.41) is 0. The van der Waals surface area contributed by atoms with Crippen LogP contribution < -0.4 is 15.2 Å². The Morgan fingerprint density at radius 3 is 2.43 bits per heavy atom. The Morgan fingerprint density at radius 2 is 2.00 bits per heavy atom. The highest BCUT2D eigenvalue weighted by Crippen LogP contribution is 2.31. The maximum Gasteiger partial charge on any atom is 0.244 e. The maximum absolute atomic E-state index is 13.7. The molecule has 0 spiro atoms. The van der Waals surface area contributed by atoms with Crippen LogP contribution in [-0.4, -0.2) is 27.6 Å². The van der Waals surface area contributed by atoms with E-state index in [4.69, 9.17) is 10.5 Å². The highest BCUT2D eigenvalue weighted by atomic mass is 79.9. The summed E-state index contributed by atoms with van der Waals surface area (Å²) in [6.07, 6.45) is 0.560. The number of hydrogen-bond donors (Lipinski definition) is 2. The summed E-state index contributed by atoms with van der Waals surface area (Å²) in [7, 11) is -2.65. The van der Waals surface area contributed by atoms with Gasteiger partial charge in [-0.1, -0.05) is 13.8 Å². The van der Waals surface area contributed by atoms with Crippen molar-refractivity contribution in [1.29, 1.82) is 0 Å². The van der Waals surface area contributed by atoms with Crippen molar-refractivity contribution >= 4 is 38.4 Å². The standard InChI is InChI=1S/C14H22BrFN2O3S.ClH/c1-9(2)7-14(3,8-17)18-22(19,20)13-6-11(16)10(15)5-12(13)21-4;/h5-6,9,18H,7-8,17H2,1-4H3;1H. The molecule has 5 nitrogen and oxygen atoms in total. The number of halogens is 3. The highest BCUT2D eigenvalue weighted by Gasteiger charge is 2.32. The largest absolute Gasteiger partial charge is 0.495 e. The van der Waals surface area contributed by atoms with Crippen molar-refractivity contribution in [2.45, 2.75) is 37.6 Å². The molecule has 1 atom stereocenters. The average Bonchev–Trinajstić information content (AvgIpc) is 2.39. The first-order valence-corrected chi connectivity index (χ1v) is 9.09. The van der Waals surface area contributed by atoms with Crippen LogP contribution in [0.4, 0.5) is 4.39 Å². The Kier molecular flexibility index (Phi) is 8.46. The number of sulfonamides is 1.